The molecule has 0 atom stereocenters. The van der Waals surface area contributed by atoms with Crippen molar-refractivity contribution < 1.29 is 19.1 Å². The molecule has 0 unspecified atom stereocenters. The molecule has 1 aromatic heterocycles. The summed E-state index contributed by atoms with van der Waals surface area (Å²) in [6, 6.07) is 10.2. The molecule has 3 amide bonds. The van der Waals surface area contributed by atoms with Crippen molar-refractivity contribution in [1.29, 1.82) is 0 Å². The SMILES string of the molecule is O=C1COc2ccc(C(=O)N3CCN(C(=O)c4ccccn4)CC3)cc2N1. The van der Waals surface area contributed by atoms with Gasteiger partial charge in [0.25, 0.3) is 17.7 Å². The molecule has 1 N–H and O–H groups in total. The zero-order valence-electron chi connectivity index (χ0n) is 14.6. The van der Waals surface area contributed by atoms with E-state index < -0.39 is 0 Å². The first-order chi connectivity index (χ1) is 13.1. The molecule has 8 heteroatoms. The summed E-state index contributed by atoms with van der Waals surface area (Å²) in [6.07, 6.45) is 1.59. The monoisotopic (exact) mass is 366 g/mol. The number of benzene rings is 1. The van der Waals surface area contributed by atoms with E-state index in [0.29, 0.717) is 48.9 Å². The molecule has 0 radical (unpaired) electrons. The summed E-state index contributed by atoms with van der Waals surface area (Å²) in [5, 5.41) is 2.70. The highest BCUT2D eigenvalue weighted by Crippen LogP contribution is 2.29. The zero-order valence-corrected chi connectivity index (χ0v) is 14.6. The number of rotatable bonds is 2. The van der Waals surface area contributed by atoms with Gasteiger partial charge in [0, 0.05) is 37.9 Å². The van der Waals surface area contributed by atoms with Gasteiger partial charge in [0.2, 0.25) is 0 Å². The Labute approximate surface area is 155 Å². The first-order valence-corrected chi connectivity index (χ1v) is 8.68. The number of carbonyl (C=O) groups excluding carboxylic acids is 3. The molecule has 1 saturated heterocycles. The van der Waals surface area contributed by atoms with Gasteiger partial charge in [-0.1, -0.05) is 6.07 Å². The van der Waals surface area contributed by atoms with Crippen molar-refractivity contribution in [2.45, 2.75) is 0 Å². The van der Waals surface area contributed by atoms with Crippen molar-refractivity contribution in [3.05, 3.63) is 53.9 Å². The maximum atomic E-state index is 12.8. The van der Waals surface area contributed by atoms with E-state index in [2.05, 4.69) is 10.3 Å². The van der Waals surface area contributed by atoms with Crippen LogP contribution in [0.2, 0.25) is 0 Å². The molecular weight excluding hydrogens is 348 g/mol. The zero-order chi connectivity index (χ0) is 18.8. The number of piperazine rings is 1. The van der Waals surface area contributed by atoms with Gasteiger partial charge in [-0.05, 0) is 30.3 Å². The fraction of sp³-hybridized carbons (Fsp3) is 0.263. The lowest BCUT2D eigenvalue weighted by Gasteiger charge is -2.34. The lowest BCUT2D eigenvalue weighted by atomic mass is 10.1. The molecule has 2 aliphatic rings. The molecule has 27 heavy (non-hydrogen) atoms. The van der Waals surface area contributed by atoms with Gasteiger partial charge in [-0.3, -0.25) is 19.4 Å². The summed E-state index contributed by atoms with van der Waals surface area (Å²) in [5.74, 6) is 0.0459. The van der Waals surface area contributed by atoms with Gasteiger partial charge >= 0.3 is 0 Å². The molecular formula is C19H18N4O4. The average Bonchev–Trinajstić information content (AvgIpc) is 2.73. The fourth-order valence-electron chi connectivity index (χ4n) is 3.16. The van der Waals surface area contributed by atoms with Gasteiger partial charge in [-0.15, -0.1) is 0 Å². The molecule has 138 valence electrons. The van der Waals surface area contributed by atoms with Gasteiger partial charge in [0.15, 0.2) is 6.61 Å². The third kappa shape index (κ3) is 3.46. The minimum absolute atomic E-state index is 0.0213. The Morgan fingerprint density at radius 3 is 2.44 bits per heavy atom. The molecule has 0 spiro atoms. The standard InChI is InChI=1S/C19H18N4O4/c24-17-12-27-16-5-4-13(11-15(16)21-17)18(25)22-7-9-23(10-8-22)19(26)14-3-1-2-6-20-14/h1-6,11H,7-10,12H2,(H,21,24). The number of fused-ring (bicyclic) bond motifs is 1. The second-order valence-electron chi connectivity index (χ2n) is 6.35. The minimum Gasteiger partial charge on any atom is -0.482 e. The van der Waals surface area contributed by atoms with Crippen molar-refractivity contribution in [3.8, 4) is 5.75 Å². The van der Waals surface area contributed by atoms with Gasteiger partial charge in [0.1, 0.15) is 11.4 Å². The molecule has 0 bridgehead atoms. The van der Waals surface area contributed by atoms with E-state index in [1.54, 1.807) is 52.4 Å². The number of nitrogens with zero attached hydrogens (tertiary/aromatic N) is 3. The van der Waals surface area contributed by atoms with E-state index in [0.717, 1.165) is 0 Å². The van der Waals surface area contributed by atoms with Gasteiger partial charge in [0.05, 0.1) is 5.69 Å². The average molecular weight is 366 g/mol. The highest BCUT2D eigenvalue weighted by atomic mass is 16.5. The molecule has 8 nitrogen and oxygen atoms in total. The molecule has 4 rings (SSSR count). The van der Waals surface area contributed by atoms with Crippen LogP contribution < -0.4 is 10.1 Å². The second-order valence-corrected chi connectivity index (χ2v) is 6.35. The van der Waals surface area contributed by atoms with Gasteiger partial charge in [-0.25, -0.2) is 0 Å². The van der Waals surface area contributed by atoms with E-state index in [4.69, 9.17) is 4.74 Å². The fourth-order valence-corrected chi connectivity index (χ4v) is 3.16. The van der Waals surface area contributed by atoms with Crippen LogP contribution in [0.4, 0.5) is 5.69 Å². The second kappa shape index (κ2) is 7.06. The van der Waals surface area contributed by atoms with E-state index in [9.17, 15) is 14.4 Å². The minimum atomic E-state index is -0.242. The number of carbonyl (C=O) groups is 3. The number of ether oxygens (including phenoxy) is 1. The lowest BCUT2D eigenvalue weighted by Crippen LogP contribution is -2.50. The maximum absolute atomic E-state index is 12.8. The Kier molecular flexibility index (Phi) is 4.45. The summed E-state index contributed by atoms with van der Waals surface area (Å²) in [4.78, 5) is 44.2. The number of aromatic nitrogens is 1. The van der Waals surface area contributed by atoms with Crippen molar-refractivity contribution in [2.75, 3.05) is 38.1 Å². The number of hydrogen-bond acceptors (Lipinski definition) is 5. The van der Waals surface area contributed by atoms with Crippen LogP contribution in [0, 0.1) is 0 Å². The Bertz CT molecular complexity index is 892. The van der Waals surface area contributed by atoms with Crippen LogP contribution in [0.3, 0.4) is 0 Å². The van der Waals surface area contributed by atoms with E-state index >= 15 is 0 Å². The maximum Gasteiger partial charge on any atom is 0.272 e. The molecule has 2 aliphatic heterocycles. The first kappa shape index (κ1) is 17.0. The number of anilines is 1. The first-order valence-electron chi connectivity index (χ1n) is 8.68. The van der Waals surface area contributed by atoms with Gasteiger partial charge in [-0.2, -0.15) is 0 Å². The van der Waals surface area contributed by atoms with Crippen LogP contribution >= 0.6 is 0 Å². The van der Waals surface area contributed by atoms with Crippen molar-refractivity contribution in [2.24, 2.45) is 0 Å². The quantitative estimate of drug-likeness (QED) is 0.856. The van der Waals surface area contributed by atoms with Crippen molar-refractivity contribution >= 4 is 23.4 Å². The normalized spacial score (nSPS) is 16.2. The summed E-state index contributed by atoms with van der Waals surface area (Å²) in [6.45, 7) is 1.76. The summed E-state index contributed by atoms with van der Waals surface area (Å²) in [5.41, 5.74) is 1.38. The number of amides is 3. The van der Waals surface area contributed by atoms with Crippen molar-refractivity contribution in [3.63, 3.8) is 0 Å². The summed E-state index contributed by atoms with van der Waals surface area (Å²) >= 11 is 0. The van der Waals surface area contributed by atoms with E-state index in [-0.39, 0.29) is 24.3 Å². The van der Waals surface area contributed by atoms with Crippen LogP contribution in [0.25, 0.3) is 0 Å². The van der Waals surface area contributed by atoms with Crippen LogP contribution in [0.1, 0.15) is 20.8 Å². The van der Waals surface area contributed by atoms with Crippen LogP contribution in [0.15, 0.2) is 42.6 Å². The Balaban J connectivity index is 1.41. The lowest BCUT2D eigenvalue weighted by molar-refractivity contribution is -0.118. The van der Waals surface area contributed by atoms with Crippen LogP contribution in [-0.4, -0.2) is 65.3 Å². The number of hydrogen-bond donors (Lipinski definition) is 1. The van der Waals surface area contributed by atoms with E-state index in [1.165, 1.54) is 0 Å². The Hall–Kier alpha value is -3.42. The van der Waals surface area contributed by atoms with E-state index in [1.807, 2.05) is 0 Å². The summed E-state index contributed by atoms with van der Waals surface area (Å²) in [7, 11) is 0. The number of pyridine rings is 1. The molecule has 2 aromatic rings. The Morgan fingerprint density at radius 1 is 1.00 bits per heavy atom. The van der Waals surface area contributed by atoms with Crippen LogP contribution in [-0.2, 0) is 4.79 Å². The largest absolute Gasteiger partial charge is 0.482 e. The third-order valence-corrected chi connectivity index (χ3v) is 4.60. The number of nitrogens with one attached hydrogen (secondary N) is 1. The third-order valence-electron chi connectivity index (χ3n) is 4.60. The molecule has 1 fully saturated rings. The highest BCUT2D eigenvalue weighted by molar-refractivity contribution is 6.00. The topological polar surface area (TPSA) is 91.8 Å². The smallest absolute Gasteiger partial charge is 0.272 e. The predicted molar refractivity (Wildman–Crippen MR) is 96.6 cm³/mol. The van der Waals surface area contributed by atoms with Crippen LogP contribution in [0.5, 0.6) is 5.75 Å². The van der Waals surface area contributed by atoms with Gasteiger partial charge < -0.3 is 19.9 Å². The molecule has 1 aromatic carbocycles. The summed E-state index contributed by atoms with van der Waals surface area (Å²) < 4.78 is 5.31. The molecule has 3 heterocycles. The molecule has 0 aliphatic carbocycles. The highest BCUT2D eigenvalue weighted by Gasteiger charge is 2.27. The predicted octanol–water partition coefficient (Wildman–Crippen LogP) is 1.01. The molecule has 0 saturated carbocycles. The Morgan fingerprint density at radius 2 is 1.74 bits per heavy atom. The van der Waals surface area contributed by atoms with Crippen molar-refractivity contribution in [1.82, 2.24) is 14.8 Å².